The number of nitrogens with one attached hydrogen (secondary N) is 1. The van der Waals surface area contributed by atoms with Gasteiger partial charge in [0, 0.05) is 11.8 Å². The molecule has 2 bridgehead atoms. The van der Waals surface area contributed by atoms with E-state index in [1.807, 2.05) is 24.3 Å². The second-order valence-corrected chi connectivity index (χ2v) is 10.7. The number of rotatable bonds is 10. The highest BCUT2D eigenvalue weighted by Gasteiger charge is 2.60. The summed E-state index contributed by atoms with van der Waals surface area (Å²) in [5.41, 5.74) is 0.542. The molecule has 2 fully saturated rings. The molecule has 182 valence electrons. The maximum atomic E-state index is 13.3. The highest BCUT2D eigenvalue weighted by molar-refractivity contribution is 7.89. The number of hydrogen-bond acceptors (Lipinski definition) is 5. The molecule has 9 heteroatoms. The summed E-state index contributed by atoms with van der Waals surface area (Å²) < 4.78 is 48.3. The summed E-state index contributed by atoms with van der Waals surface area (Å²) in [6.07, 6.45) is 6.05. The normalized spacial score (nSPS) is 26.3. The van der Waals surface area contributed by atoms with Crippen LogP contribution in [0.3, 0.4) is 0 Å². The number of aliphatic carboxylic acids is 1. The zero-order valence-electron chi connectivity index (χ0n) is 18.6. The van der Waals surface area contributed by atoms with Crippen LogP contribution in [0.1, 0.15) is 37.7 Å². The fourth-order valence-electron chi connectivity index (χ4n) is 5.16. The topological polar surface area (TPSA) is 113 Å². The third kappa shape index (κ3) is 5.01. The maximum Gasteiger partial charge on any atom is 0.303 e. The van der Waals surface area contributed by atoms with Crippen molar-refractivity contribution in [1.29, 1.82) is 0 Å². The Kier molecular flexibility index (Phi) is 7.06. The van der Waals surface area contributed by atoms with Gasteiger partial charge in [-0.25, -0.2) is 17.5 Å². The molecule has 7 nitrogen and oxygen atoms in total. The van der Waals surface area contributed by atoms with Crippen LogP contribution >= 0.6 is 0 Å². The number of carboxylic acids is 1. The van der Waals surface area contributed by atoms with Crippen molar-refractivity contribution < 1.29 is 32.6 Å². The third-order valence-electron chi connectivity index (χ3n) is 6.84. The lowest BCUT2D eigenvalue weighted by Crippen LogP contribution is -2.51. The number of sulfonamides is 1. The smallest absolute Gasteiger partial charge is 0.303 e. The molecule has 1 aliphatic carbocycles. The summed E-state index contributed by atoms with van der Waals surface area (Å²) in [4.78, 5) is 10.7. The summed E-state index contributed by atoms with van der Waals surface area (Å²) in [5.74, 6) is -1.32. The number of aromatic hydroxyl groups is 1. The number of hydrogen-bond donors (Lipinski definition) is 3. The van der Waals surface area contributed by atoms with Gasteiger partial charge in [0.25, 0.3) is 0 Å². The largest absolute Gasteiger partial charge is 0.508 e. The first-order valence-electron chi connectivity index (χ1n) is 11.3. The Morgan fingerprint density at radius 3 is 2.53 bits per heavy atom. The minimum atomic E-state index is -3.91. The number of benzene rings is 2. The van der Waals surface area contributed by atoms with Crippen LogP contribution < -0.4 is 4.72 Å². The number of allylic oxidation sites excluding steroid dienone is 2. The molecule has 0 radical (unpaired) electrons. The van der Waals surface area contributed by atoms with Crippen LogP contribution in [0.5, 0.6) is 5.75 Å². The Balaban J connectivity index is 1.59. The fourth-order valence-corrected chi connectivity index (χ4v) is 6.46. The molecular formula is C25H28FNO6S. The van der Waals surface area contributed by atoms with E-state index in [1.165, 1.54) is 12.1 Å². The first-order valence-corrected chi connectivity index (χ1v) is 12.8. The summed E-state index contributed by atoms with van der Waals surface area (Å²) in [5, 5.41) is 18.5. The lowest BCUT2D eigenvalue weighted by atomic mass is 9.71. The molecule has 1 saturated heterocycles. The van der Waals surface area contributed by atoms with E-state index in [0.717, 1.165) is 17.7 Å². The van der Waals surface area contributed by atoms with Crippen molar-refractivity contribution >= 4 is 16.0 Å². The number of unbranched alkanes of at least 4 members (excludes halogenated alkanes) is 1. The molecule has 4 rings (SSSR count). The van der Waals surface area contributed by atoms with Gasteiger partial charge in [-0.05, 0) is 73.6 Å². The molecule has 34 heavy (non-hydrogen) atoms. The van der Waals surface area contributed by atoms with E-state index >= 15 is 0 Å². The molecule has 1 heterocycles. The molecule has 2 unspecified atom stereocenters. The zero-order valence-corrected chi connectivity index (χ0v) is 19.4. The van der Waals surface area contributed by atoms with Crippen LogP contribution in [-0.4, -0.2) is 43.4 Å². The average Bonchev–Trinajstić information content (AvgIpc) is 3.35. The van der Waals surface area contributed by atoms with Crippen molar-refractivity contribution in [1.82, 2.24) is 4.72 Å². The van der Waals surface area contributed by atoms with Gasteiger partial charge in [0.05, 0.1) is 23.6 Å². The van der Waals surface area contributed by atoms with Gasteiger partial charge >= 0.3 is 5.97 Å². The fraction of sp³-hybridized carbons (Fsp3) is 0.400. The predicted octanol–water partition coefficient (Wildman–Crippen LogP) is 3.74. The van der Waals surface area contributed by atoms with Gasteiger partial charge in [-0.3, -0.25) is 4.79 Å². The van der Waals surface area contributed by atoms with Crippen LogP contribution in [0, 0.1) is 11.7 Å². The van der Waals surface area contributed by atoms with Gasteiger partial charge in [0.2, 0.25) is 10.0 Å². The minimum Gasteiger partial charge on any atom is -0.508 e. The molecule has 1 aliphatic heterocycles. The number of ether oxygens (including phenoxy) is 1. The van der Waals surface area contributed by atoms with Crippen molar-refractivity contribution in [2.75, 3.05) is 6.61 Å². The average molecular weight is 490 g/mol. The molecule has 3 N–H and O–H groups in total. The Morgan fingerprint density at radius 2 is 1.85 bits per heavy atom. The molecule has 1 saturated carbocycles. The first kappa shape index (κ1) is 24.4. The van der Waals surface area contributed by atoms with E-state index in [4.69, 9.17) is 9.84 Å². The first-order chi connectivity index (χ1) is 16.2. The summed E-state index contributed by atoms with van der Waals surface area (Å²) in [6, 6.07) is 11.1. The monoisotopic (exact) mass is 489 g/mol. The predicted molar refractivity (Wildman–Crippen MR) is 123 cm³/mol. The molecule has 4 atom stereocenters. The van der Waals surface area contributed by atoms with Crippen LogP contribution in [0.4, 0.5) is 4.39 Å². The molecular weight excluding hydrogens is 461 g/mol. The number of phenols is 1. The Labute approximate surface area is 198 Å². The lowest BCUT2D eigenvalue weighted by Gasteiger charge is -2.39. The number of fused-ring (bicyclic) bond motifs is 2. The second-order valence-electron chi connectivity index (χ2n) is 8.96. The van der Waals surface area contributed by atoms with E-state index in [9.17, 15) is 22.7 Å². The maximum absolute atomic E-state index is 13.3. The van der Waals surface area contributed by atoms with Crippen molar-refractivity contribution in [2.24, 2.45) is 5.92 Å². The van der Waals surface area contributed by atoms with Gasteiger partial charge in [-0.2, -0.15) is 0 Å². The van der Waals surface area contributed by atoms with Gasteiger partial charge in [-0.1, -0.05) is 24.3 Å². The zero-order chi connectivity index (χ0) is 24.3. The van der Waals surface area contributed by atoms with Crippen molar-refractivity contribution in [3.63, 3.8) is 0 Å². The summed E-state index contributed by atoms with van der Waals surface area (Å²) >= 11 is 0. The molecule has 2 aromatic rings. The van der Waals surface area contributed by atoms with Crippen LogP contribution in [-0.2, 0) is 25.0 Å². The van der Waals surface area contributed by atoms with Gasteiger partial charge in [0.15, 0.2) is 0 Å². The van der Waals surface area contributed by atoms with Crippen molar-refractivity contribution in [2.45, 2.75) is 54.6 Å². The Morgan fingerprint density at radius 1 is 1.15 bits per heavy atom. The van der Waals surface area contributed by atoms with Gasteiger partial charge in [-0.15, -0.1) is 0 Å². The molecule has 2 aliphatic rings. The number of halogens is 1. The number of carbonyl (C=O) groups is 1. The van der Waals surface area contributed by atoms with Crippen molar-refractivity contribution in [3.8, 4) is 5.75 Å². The highest BCUT2D eigenvalue weighted by Crippen LogP contribution is 2.54. The summed E-state index contributed by atoms with van der Waals surface area (Å²) in [7, 11) is -3.91. The van der Waals surface area contributed by atoms with Crippen LogP contribution in [0.2, 0.25) is 0 Å². The second kappa shape index (κ2) is 9.85. The molecule has 0 spiro atoms. The molecule has 0 aromatic heterocycles. The number of phenolic OH excluding ortho intramolecular Hbond substituents is 1. The Hall–Kier alpha value is -2.75. The minimum absolute atomic E-state index is 0.0154. The SMILES string of the molecule is O=C(O)CCC/C=C/C[C@H]1[C@H](NS(=O)(=O)c2ccc(F)cc2)C2CC1(c1ccc(O)cc1)CO2. The quantitative estimate of drug-likeness (QED) is 0.346. The van der Waals surface area contributed by atoms with Crippen molar-refractivity contribution in [3.05, 3.63) is 72.1 Å². The summed E-state index contributed by atoms with van der Waals surface area (Å²) in [6.45, 7) is 0.439. The molecule has 2 aromatic carbocycles. The third-order valence-corrected chi connectivity index (χ3v) is 8.31. The lowest BCUT2D eigenvalue weighted by molar-refractivity contribution is -0.137. The Bertz CT molecular complexity index is 1150. The van der Waals surface area contributed by atoms with E-state index in [0.29, 0.717) is 32.3 Å². The van der Waals surface area contributed by atoms with E-state index in [2.05, 4.69) is 4.72 Å². The highest BCUT2D eigenvalue weighted by atomic mass is 32.2. The van der Waals surface area contributed by atoms with E-state index in [1.54, 1.807) is 12.1 Å². The van der Waals surface area contributed by atoms with Gasteiger partial charge < -0.3 is 14.9 Å². The van der Waals surface area contributed by atoms with Crippen LogP contribution in [0.25, 0.3) is 0 Å². The van der Waals surface area contributed by atoms with E-state index < -0.39 is 33.3 Å². The van der Waals surface area contributed by atoms with Crippen LogP contribution in [0.15, 0.2) is 65.6 Å². The standard InChI is InChI=1S/C25H28FNO6S/c26-18-9-13-20(14-10-18)34(31,32)27-24-21(5-3-1-2-4-6-23(29)30)25(15-22(24)33-16-25)17-7-11-19(28)12-8-17/h1,3,7-14,21-22,24,27-28H,2,4-6,15-16H2,(H,29,30)/b3-1+/t21-,22?,24-,25?/m0/s1. The van der Waals surface area contributed by atoms with Gasteiger partial charge in [0.1, 0.15) is 11.6 Å². The molecule has 0 amide bonds. The van der Waals surface area contributed by atoms with E-state index in [-0.39, 0.29) is 29.1 Å². The number of carboxylic acid groups (broad SMARTS) is 1.